The maximum Gasteiger partial charge on any atom is 0.387 e. The summed E-state index contributed by atoms with van der Waals surface area (Å²) in [4.78, 5) is 14.8. The number of halogens is 2. The number of carboxylic acids is 1. The first kappa shape index (κ1) is 12.0. The number of carboxylic acid groups (broad SMARTS) is 1. The predicted octanol–water partition coefficient (Wildman–Crippen LogP) is 2.12. The second kappa shape index (κ2) is 4.44. The monoisotopic (exact) mass is 254 g/mol. The van der Waals surface area contributed by atoms with Crippen LogP contribution in [0, 0.1) is 0 Å². The number of ether oxygens (including phenoxy) is 1. The second-order valence-electron chi connectivity index (χ2n) is 3.42. The molecule has 0 atom stereocenters. The maximum absolute atomic E-state index is 12.3. The number of aromatic carboxylic acids is 1. The number of hydrogen-bond acceptors (Lipinski definition) is 4. The van der Waals surface area contributed by atoms with Crippen molar-refractivity contribution in [2.75, 3.05) is 5.73 Å². The van der Waals surface area contributed by atoms with Crippen LogP contribution in [-0.4, -0.2) is 22.7 Å². The first-order valence-corrected chi connectivity index (χ1v) is 4.86. The molecule has 1 aromatic carbocycles. The van der Waals surface area contributed by atoms with Crippen LogP contribution in [-0.2, 0) is 0 Å². The zero-order chi connectivity index (χ0) is 13.3. The van der Waals surface area contributed by atoms with Crippen molar-refractivity contribution in [3.8, 4) is 5.75 Å². The molecule has 2 rings (SSSR count). The third kappa shape index (κ3) is 2.02. The molecule has 0 spiro atoms. The molecular weight excluding hydrogens is 246 g/mol. The van der Waals surface area contributed by atoms with Gasteiger partial charge in [0.15, 0.2) is 0 Å². The normalized spacial score (nSPS) is 10.8. The number of alkyl halides is 2. The van der Waals surface area contributed by atoms with E-state index in [0.29, 0.717) is 0 Å². The molecule has 3 N–H and O–H groups in total. The Balaban J connectivity index is 2.75. The van der Waals surface area contributed by atoms with Crippen LogP contribution in [0.3, 0.4) is 0 Å². The minimum absolute atomic E-state index is 0.0836. The van der Waals surface area contributed by atoms with E-state index >= 15 is 0 Å². The minimum Gasteiger partial charge on any atom is -0.478 e. The highest BCUT2D eigenvalue weighted by Crippen LogP contribution is 2.32. The number of anilines is 1. The van der Waals surface area contributed by atoms with Crippen LogP contribution < -0.4 is 10.5 Å². The zero-order valence-electron chi connectivity index (χ0n) is 8.93. The Morgan fingerprint density at radius 2 is 2.22 bits per heavy atom. The molecule has 1 aromatic heterocycles. The molecule has 0 bridgehead atoms. The highest BCUT2D eigenvalue weighted by Gasteiger charge is 2.18. The molecule has 0 aliphatic rings. The molecule has 1 heterocycles. The first-order chi connectivity index (χ1) is 8.50. The van der Waals surface area contributed by atoms with Gasteiger partial charge in [0, 0.05) is 11.6 Å². The van der Waals surface area contributed by atoms with E-state index in [0.717, 1.165) is 6.07 Å². The Morgan fingerprint density at radius 1 is 1.50 bits per heavy atom. The maximum atomic E-state index is 12.3. The summed E-state index contributed by atoms with van der Waals surface area (Å²) >= 11 is 0. The molecule has 5 nitrogen and oxygen atoms in total. The van der Waals surface area contributed by atoms with E-state index in [-0.39, 0.29) is 27.9 Å². The van der Waals surface area contributed by atoms with E-state index in [1.165, 1.54) is 18.3 Å². The number of benzene rings is 1. The fraction of sp³-hybridized carbons (Fsp3) is 0.0909. The van der Waals surface area contributed by atoms with Gasteiger partial charge in [-0.15, -0.1) is 0 Å². The van der Waals surface area contributed by atoms with E-state index in [1.807, 2.05) is 0 Å². The highest BCUT2D eigenvalue weighted by atomic mass is 19.3. The van der Waals surface area contributed by atoms with E-state index in [4.69, 9.17) is 10.8 Å². The lowest BCUT2D eigenvalue weighted by Gasteiger charge is -2.11. The number of fused-ring (bicyclic) bond motifs is 1. The van der Waals surface area contributed by atoms with Crippen LogP contribution in [0.1, 0.15) is 10.4 Å². The summed E-state index contributed by atoms with van der Waals surface area (Å²) in [6.07, 6.45) is 1.39. The third-order valence-electron chi connectivity index (χ3n) is 2.34. The molecule has 0 unspecified atom stereocenters. The number of carbonyl (C=O) groups is 1. The summed E-state index contributed by atoms with van der Waals surface area (Å²) < 4.78 is 28.8. The largest absolute Gasteiger partial charge is 0.478 e. The van der Waals surface area contributed by atoms with Crippen molar-refractivity contribution in [1.29, 1.82) is 0 Å². The van der Waals surface area contributed by atoms with Gasteiger partial charge in [0.1, 0.15) is 5.75 Å². The molecule has 94 valence electrons. The van der Waals surface area contributed by atoms with Gasteiger partial charge in [-0.25, -0.2) is 4.79 Å². The second-order valence-corrected chi connectivity index (χ2v) is 3.42. The molecule has 18 heavy (non-hydrogen) atoms. The number of nitrogen functional groups attached to an aromatic ring is 1. The molecule has 7 heteroatoms. The SMILES string of the molecule is Nc1c(C(=O)O)cc(OC(F)F)c2cccnc12. The van der Waals surface area contributed by atoms with Crippen LogP contribution in [0.4, 0.5) is 14.5 Å². The average molecular weight is 254 g/mol. The Bertz CT molecular complexity index is 617. The predicted molar refractivity (Wildman–Crippen MR) is 59.7 cm³/mol. The van der Waals surface area contributed by atoms with E-state index in [1.54, 1.807) is 0 Å². The van der Waals surface area contributed by atoms with Gasteiger partial charge in [0.05, 0.1) is 16.8 Å². The number of aromatic nitrogens is 1. The van der Waals surface area contributed by atoms with Gasteiger partial charge >= 0.3 is 12.6 Å². The number of hydrogen-bond donors (Lipinski definition) is 2. The number of nitrogens with zero attached hydrogens (tertiary/aromatic N) is 1. The number of pyridine rings is 1. The summed E-state index contributed by atoms with van der Waals surface area (Å²) in [6.45, 7) is -3.06. The molecule has 0 saturated heterocycles. The van der Waals surface area contributed by atoms with Crippen molar-refractivity contribution >= 4 is 22.6 Å². The van der Waals surface area contributed by atoms with Gasteiger partial charge < -0.3 is 15.6 Å². The standard InChI is InChI=1S/C11H8F2N2O3/c12-11(13)18-7-4-6(10(16)17)8(14)9-5(7)2-1-3-15-9/h1-4,11H,14H2,(H,16,17). The van der Waals surface area contributed by atoms with Crippen molar-refractivity contribution in [3.05, 3.63) is 30.0 Å². The van der Waals surface area contributed by atoms with Crippen molar-refractivity contribution in [2.24, 2.45) is 0 Å². The van der Waals surface area contributed by atoms with Gasteiger partial charge in [0.25, 0.3) is 0 Å². The molecule has 0 fully saturated rings. The van der Waals surface area contributed by atoms with Crippen molar-refractivity contribution in [1.82, 2.24) is 4.98 Å². The van der Waals surface area contributed by atoms with Gasteiger partial charge in [-0.1, -0.05) is 0 Å². The first-order valence-electron chi connectivity index (χ1n) is 4.86. The van der Waals surface area contributed by atoms with Gasteiger partial charge in [-0.3, -0.25) is 4.98 Å². The Kier molecular flexibility index (Phi) is 2.97. The lowest BCUT2D eigenvalue weighted by atomic mass is 10.1. The van der Waals surface area contributed by atoms with E-state index in [2.05, 4.69) is 9.72 Å². The zero-order valence-corrected chi connectivity index (χ0v) is 8.93. The van der Waals surface area contributed by atoms with Crippen molar-refractivity contribution in [3.63, 3.8) is 0 Å². The number of rotatable bonds is 3. The lowest BCUT2D eigenvalue weighted by molar-refractivity contribution is -0.0488. The summed E-state index contributed by atoms with van der Waals surface area (Å²) in [6, 6.07) is 3.95. The van der Waals surface area contributed by atoms with Gasteiger partial charge in [-0.05, 0) is 18.2 Å². The van der Waals surface area contributed by atoms with Crippen molar-refractivity contribution in [2.45, 2.75) is 6.61 Å². The smallest absolute Gasteiger partial charge is 0.387 e. The molecular formula is C11H8F2N2O3. The molecule has 0 aliphatic heterocycles. The Hall–Kier alpha value is -2.44. The van der Waals surface area contributed by atoms with E-state index in [9.17, 15) is 13.6 Å². The van der Waals surface area contributed by atoms with Crippen LogP contribution in [0.25, 0.3) is 10.9 Å². The van der Waals surface area contributed by atoms with Crippen LogP contribution in [0.15, 0.2) is 24.4 Å². The van der Waals surface area contributed by atoms with Gasteiger partial charge in [0.2, 0.25) is 0 Å². The fourth-order valence-electron chi connectivity index (χ4n) is 1.60. The third-order valence-corrected chi connectivity index (χ3v) is 2.34. The average Bonchev–Trinajstić information content (AvgIpc) is 2.32. The quantitative estimate of drug-likeness (QED) is 0.819. The van der Waals surface area contributed by atoms with Crippen LogP contribution in [0.5, 0.6) is 5.75 Å². The molecule has 2 aromatic rings. The minimum atomic E-state index is -3.06. The summed E-state index contributed by atoms with van der Waals surface area (Å²) in [5, 5.41) is 9.17. The van der Waals surface area contributed by atoms with Crippen LogP contribution >= 0.6 is 0 Å². The Labute approximate surface area is 99.8 Å². The lowest BCUT2D eigenvalue weighted by Crippen LogP contribution is -2.08. The molecule has 0 saturated carbocycles. The molecule has 0 amide bonds. The van der Waals surface area contributed by atoms with E-state index < -0.39 is 12.6 Å². The highest BCUT2D eigenvalue weighted by molar-refractivity contribution is 6.05. The molecule has 0 aliphatic carbocycles. The van der Waals surface area contributed by atoms with Gasteiger partial charge in [-0.2, -0.15) is 8.78 Å². The summed E-state index contributed by atoms with van der Waals surface area (Å²) in [7, 11) is 0. The molecule has 0 radical (unpaired) electrons. The topological polar surface area (TPSA) is 85.4 Å². The Morgan fingerprint density at radius 3 is 2.83 bits per heavy atom. The summed E-state index contributed by atoms with van der Waals surface area (Å²) in [5.74, 6) is -1.60. The fourth-order valence-corrected chi connectivity index (χ4v) is 1.60. The summed E-state index contributed by atoms with van der Waals surface area (Å²) in [5.41, 5.74) is 5.35. The number of nitrogens with two attached hydrogens (primary N) is 1. The van der Waals surface area contributed by atoms with Crippen molar-refractivity contribution < 1.29 is 23.4 Å². The van der Waals surface area contributed by atoms with Crippen LogP contribution in [0.2, 0.25) is 0 Å².